The van der Waals surface area contributed by atoms with E-state index in [1.165, 1.54) is 0 Å². The summed E-state index contributed by atoms with van der Waals surface area (Å²) in [5.74, 6) is -0.826. The molecule has 1 saturated carbocycles. The van der Waals surface area contributed by atoms with Crippen LogP contribution in [0.1, 0.15) is 29.6 Å². The molecule has 1 aromatic heterocycles. The smallest absolute Gasteiger partial charge is 0.311 e. The van der Waals surface area contributed by atoms with E-state index in [1.54, 1.807) is 15.8 Å². The minimum atomic E-state index is -0.764. The maximum absolute atomic E-state index is 13.1. The molecule has 1 saturated heterocycles. The summed E-state index contributed by atoms with van der Waals surface area (Å²) in [5.41, 5.74) is 1.48. The Labute approximate surface area is 146 Å². The summed E-state index contributed by atoms with van der Waals surface area (Å²) in [6, 6.07) is 9.68. The van der Waals surface area contributed by atoms with Crippen LogP contribution in [-0.2, 0) is 11.8 Å². The number of aryl methyl sites for hydroxylation is 1. The van der Waals surface area contributed by atoms with Crippen LogP contribution in [0.4, 0.5) is 0 Å². The third-order valence-electron chi connectivity index (χ3n) is 5.80. The Morgan fingerprint density at radius 2 is 2.04 bits per heavy atom. The molecule has 2 atom stereocenters. The van der Waals surface area contributed by atoms with Crippen LogP contribution in [0.25, 0.3) is 11.3 Å². The van der Waals surface area contributed by atoms with Crippen molar-refractivity contribution >= 4 is 11.9 Å². The van der Waals surface area contributed by atoms with Crippen molar-refractivity contribution < 1.29 is 14.7 Å². The molecule has 1 amide bonds. The number of nitrogens with zero attached hydrogens (tertiary/aromatic N) is 3. The number of benzene rings is 1. The van der Waals surface area contributed by atoms with Gasteiger partial charge in [0.2, 0.25) is 0 Å². The fourth-order valence-corrected chi connectivity index (χ4v) is 4.50. The molecular weight excluding hydrogens is 318 g/mol. The lowest BCUT2D eigenvalue weighted by Crippen LogP contribution is -2.37. The van der Waals surface area contributed by atoms with Crippen molar-refractivity contribution in [3.05, 3.63) is 42.1 Å². The number of likely N-dealkylation sites (tertiary alicyclic amines) is 1. The highest BCUT2D eigenvalue weighted by atomic mass is 16.4. The predicted octanol–water partition coefficient (Wildman–Crippen LogP) is 2.41. The molecule has 1 aliphatic heterocycles. The van der Waals surface area contributed by atoms with Gasteiger partial charge < -0.3 is 10.0 Å². The Balaban J connectivity index is 1.67. The number of rotatable bonds is 3. The van der Waals surface area contributed by atoms with E-state index in [1.807, 2.05) is 37.4 Å². The van der Waals surface area contributed by atoms with Gasteiger partial charge >= 0.3 is 5.97 Å². The Morgan fingerprint density at radius 1 is 1.28 bits per heavy atom. The lowest BCUT2D eigenvalue weighted by molar-refractivity contribution is -0.149. The molecule has 1 aromatic carbocycles. The van der Waals surface area contributed by atoms with Gasteiger partial charge in [0.15, 0.2) is 0 Å². The van der Waals surface area contributed by atoms with Gasteiger partial charge in [-0.15, -0.1) is 0 Å². The second-order valence-corrected chi connectivity index (χ2v) is 7.13. The molecule has 6 nitrogen and oxygen atoms in total. The number of aliphatic carboxylic acids is 1. The standard InChI is InChI=1S/C19H21N3O3/c1-21-16(13-6-3-2-4-7-13)15(10-20-21)17(23)22-11-14-8-5-9-19(14,12-22)18(24)25/h2-4,6-7,10,14H,5,8-9,11-12H2,1H3,(H,24,25)/t14-,19+/m0/s1. The van der Waals surface area contributed by atoms with Crippen LogP contribution in [0.5, 0.6) is 0 Å². The summed E-state index contributed by atoms with van der Waals surface area (Å²) in [4.78, 5) is 26.7. The Morgan fingerprint density at radius 3 is 2.72 bits per heavy atom. The minimum absolute atomic E-state index is 0.0609. The van der Waals surface area contributed by atoms with E-state index in [2.05, 4.69) is 5.10 Å². The molecule has 2 aliphatic rings. The number of carboxylic acid groups (broad SMARTS) is 1. The molecule has 1 N–H and O–H groups in total. The van der Waals surface area contributed by atoms with E-state index < -0.39 is 11.4 Å². The highest BCUT2D eigenvalue weighted by Crippen LogP contribution is 2.49. The van der Waals surface area contributed by atoms with Gasteiger partial charge in [-0.3, -0.25) is 14.3 Å². The van der Waals surface area contributed by atoms with Crippen molar-refractivity contribution in [3.63, 3.8) is 0 Å². The van der Waals surface area contributed by atoms with Gasteiger partial charge in [-0.2, -0.15) is 5.10 Å². The minimum Gasteiger partial charge on any atom is -0.481 e. The molecule has 0 spiro atoms. The topological polar surface area (TPSA) is 75.4 Å². The monoisotopic (exact) mass is 339 g/mol. The number of carbonyl (C=O) groups is 2. The van der Waals surface area contributed by atoms with E-state index in [0.29, 0.717) is 25.1 Å². The number of hydrogen-bond acceptors (Lipinski definition) is 3. The maximum Gasteiger partial charge on any atom is 0.311 e. The van der Waals surface area contributed by atoms with Crippen molar-refractivity contribution in [1.29, 1.82) is 0 Å². The highest BCUT2D eigenvalue weighted by Gasteiger charge is 2.56. The fourth-order valence-electron chi connectivity index (χ4n) is 4.50. The molecule has 6 heteroatoms. The van der Waals surface area contributed by atoms with Gasteiger partial charge in [0, 0.05) is 25.7 Å². The summed E-state index contributed by atoms with van der Waals surface area (Å²) in [6.07, 6.45) is 4.07. The summed E-state index contributed by atoms with van der Waals surface area (Å²) in [6.45, 7) is 0.823. The number of amides is 1. The lowest BCUT2D eigenvalue weighted by Gasteiger charge is -2.23. The Bertz CT molecular complexity index is 830. The van der Waals surface area contributed by atoms with Crippen LogP contribution in [0.15, 0.2) is 36.5 Å². The summed E-state index contributed by atoms with van der Waals surface area (Å²) >= 11 is 0. The number of fused-ring (bicyclic) bond motifs is 1. The molecule has 2 fully saturated rings. The SMILES string of the molecule is Cn1ncc(C(=O)N2C[C@@H]3CCC[C@@]3(C(=O)O)C2)c1-c1ccccc1. The van der Waals surface area contributed by atoms with Crippen molar-refractivity contribution in [2.45, 2.75) is 19.3 Å². The highest BCUT2D eigenvalue weighted by molar-refractivity contribution is 6.00. The zero-order valence-corrected chi connectivity index (χ0v) is 14.2. The van der Waals surface area contributed by atoms with Gasteiger partial charge in [-0.25, -0.2) is 0 Å². The van der Waals surface area contributed by atoms with E-state index in [0.717, 1.165) is 24.1 Å². The van der Waals surface area contributed by atoms with Crippen LogP contribution in [-0.4, -0.2) is 44.8 Å². The first-order chi connectivity index (χ1) is 12.0. The van der Waals surface area contributed by atoms with Crippen LogP contribution < -0.4 is 0 Å². The van der Waals surface area contributed by atoms with Gasteiger partial charge in [-0.05, 0) is 18.8 Å². The van der Waals surface area contributed by atoms with E-state index in [9.17, 15) is 14.7 Å². The van der Waals surface area contributed by atoms with Gasteiger partial charge in [0.1, 0.15) is 0 Å². The average Bonchev–Trinajstić information content (AvgIpc) is 3.27. The van der Waals surface area contributed by atoms with Gasteiger partial charge in [0.25, 0.3) is 5.91 Å². The first-order valence-electron chi connectivity index (χ1n) is 8.63. The Hall–Kier alpha value is -2.63. The molecule has 0 bridgehead atoms. The molecule has 2 heterocycles. The molecule has 2 aromatic rings. The van der Waals surface area contributed by atoms with Crippen LogP contribution in [0.2, 0.25) is 0 Å². The van der Waals surface area contributed by atoms with Crippen molar-refractivity contribution in [2.75, 3.05) is 13.1 Å². The van der Waals surface area contributed by atoms with Crippen molar-refractivity contribution in [2.24, 2.45) is 18.4 Å². The molecular formula is C19H21N3O3. The van der Waals surface area contributed by atoms with Crippen molar-refractivity contribution in [1.82, 2.24) is 14.7 Å². The number of aromatic nitrogens is 2. The molecule has 130 valence electrons. The molecule has 0 unspecified atom stereocenters. The Kier molecular flexibility index (Phi) is 3.63. The third kappa shape index (κ3) is 2.35. The number of hydrogen-bond donors (Lipinski definition) is 1. The van der Waals surface area contributed by atoms with E-state index >= 15 is 0 Å². The molecule has 1 aliphatic carbocycles. The summed E-state index contributed by atoms with van der Waals surface area (Å²) < 4.78 is 1.70. The fraction of sp³-hybridized carbons (Fsp3) is 0.421. The zero-order chi connectivity index (χ0) is 17.6. The second-order valence-electron chi connectivity index (χ2n) is 7.13. The predicted molar refractivity (Wildman–Crippen MR) is 92.0 cm³/mol. The number of carbonyl (C=O) groups excluding carboxylic acids is 1. The molecule has 25 heavy (non-hydrogen) atoms. The van der Waals surface area contributed by atoms with Gasteiger partial charge in [-0.1, -0.05) is 36.8 Å². The average molecular weight is 339 g/mol. The second kappa shape index (κ2) is 5.72. The summed E-state index contributed by atoms with van der Waals surface area (Å²) in [7, 11) is 1.82. The first kappa shape index (κ1) is 15.9. The molecule has 4 rings (SSSR count). The zero-order valence-electron chi connectivity index (χ0n) is 14.2. The van der Waals surface area contributed by atoms with Crippen LogP contribution >= 0.6 is 0 Å². The lowest BCUT2D eigenvalue weighted by atomic mass is 9.81. The van der Waals surface area contributed by atoms with Gasteiger partial charge in [0.05, 0.1) is 22.9 Å². The van der Waals surface area contributed by atoms with Crippen LogP contribution in [0, 0.1) is 11.3 Å². The normalized spacial score (nSPS) is 25.2. The molecule has 0 radical (unpaired) electrons. The van der Waals surface area contributed by atoms with Crippen molar-refractivity contribution in [3.8, 4) is 11.3 Å². The first-order valence-corrected chi connectivity index (χ1v) is 8.63. The quantitative estimate of drug-likeness (QED) is 0.932. The maximum atomic E-state index is 13.1. The number of carboxylic acids is 1. The van der Waals surface area contributed by atoms with E-state index in [-0.39, 0.29) is 11.8 Å². The summed E-state index contributed by atoms with van der Waals surface area (Å²) in [5, 5.41) is 14.0. The third-order valence-corrected chi connectivity index (χ3v) is 5.80. The van der Waals surface area contributed by atoms with E-state index in [4.69, 9.17) is 0 Å². The van der Waals surface area contributed by atoms with Crippen LogP contribution in [0.3, 0.4) is 0 Å². The largest absolute Gasteiger partial charge is 0.481 e.